The summed E-state index contributed by atoms with van der Waals surface area (Å²) in [6.07, 6.45) is 0. The van der Waals surface area contributed by atoms with Gasteiger partial charge in [0.1, 0.15) is 0 Å². The van der Waals surface area contributed by atoms with Gasteiger partial charge < -0.3 is 10.6 Å². The molecule has 0 radical (unpaired) electrons. The molecule has 1 aromatic rings. The fraction of sp³-hybridized carbons (Fsp3) is 0.462. The molecule has 86 valence electrons. The molecule has 1 amide bonds. The van der Waals surface area contributed by atoms with Crippen molar-refractivity contribution in [2.24, 2.45) is 11.8 Å². The predicted molar refractivity (Wildman–Crippen MR) is 65.3 cm³/mol. The Morgan fingerprint density at radius 3 is 2.81 bits per heavy atom. The lowest BCUT2D eigenvalue weighted by Crippen LogP contribution is -2.48. The van der Waals surface area contributed by atoms with Crippen LogP contribution in [-0.4, -0.2) is 19.0 Å². The van der Waals surface area contributed by atoms with Crippen LogP contribution >= 0.6 is 0 Å². The molecule has 1 heterocycles. The molecule has 1 aromatic carbocycles. The summed E-state index contributed by atoms with van der Waals surface area (Å²) in [6.45, 7) is 5.94. The van der Waals surface area contributed by atoms with E-state index in [1.807, 2.05) is 38.1 Å². The molecule has 1 aliphatic rings. The standard InChI is InChI=1S/C13H18N2O/c1-9-4-3-5-12(6-9)15-13(16)10(2)11-7-14-8-11/h3-6,10-11,14H,7-8H2,1-2H3,(H,15,16). The van der Waals surface area contributed by atoms with E-state index in [1.54, 1.807) is 0 Å². The van der Waals surface area contributed by atoms with Crippen molar-refractivity contribution in [3.05, 3.63) is 29.8 Å². The Kier molecular flexibility index (Phi) is 3.25. The van der Waals surface area contributed by atoms with Crippen LogP contribution < -0.4 is 10.6 Å². The number of benzene rings is 1. The van der Waals surface area contributed by atoms with Crippen molar-refractivity contribution in [3.63, 3.8) is 0 Å². The van der Waals surface area contributed by atoms with Crippen LogP contribution in [0.2, 0.25) is 0 Å². The molecule has 16 heavy (non-hydrogen) atoms. The second-order valence-electron chi connectivity index (χ2n) is 4.57. The first-order valence-electron chi connectivity index (χ1n) is 5.75. The highest BCUT2D eigenvalue weighted by atomic mass is 16.1. The molecular formula is C13H18N2O. The number of hydrogen-bond donors (Lipinski definition) is 2. The number of carbonyl (C=O) groups excluding carboxylic acids is 1. The van der Waals surface area contributed by atoms with Gasteiger partial charge in [0.25, 0.3) is 0 Å². The Morgan fingerprint density at radius 2 is 2.25 bits per heavy atom. The Labute approximate surface area is 96.2 Å². The molecule has 0 spiro atoms. The molecule has 3 nitrogen and oxygen atoms in total. The van der Waals surface area contributed by atoms with Gasteiger partial charge in [-0.2, -0.15) is 0 Å². The van der Waals surface area contributed by atoms with Crippen LogP contribution in [0.3, 0.4) is 0 Å². The van der Waals surface area contributed by atoms with Gasteiger partial charge in [-0.15, -0.1) is 0 Å². The van der Waals surface area contributed by atoms with E-state index in [9.17, 15) is 4.79 Å². The Morgan fingerprint density at radius 1 is 1.50 bits per heavy atom. The summed E-state index contributed by atoms with van der Waals surface area (Å²) in [4.78, 5) is 11.9. The van der Waals surface area contributed by atoms with Crippen LogP contribution in [0.5, 0.6) is 0 Å². The molecule has 0 saturated carbocycles. The van der Waals surface area contributed by atoms with E-state index in [2.05, 4.69) is 10.6 Å². The largest absolute Gasteiger partial charge is 0.326 e. The fourth-order valence-corrected chi connectivity index (χ4v) is 1.86. The first-order chi connectivity index (χ1) is 7.66. The lowest BCUT2D eigenvalue weighted by atomic mass is 9.88. The topological polar surface area (TPSA) is 41.1 Å². The summed E-state index contributed by atoms with van der Waals surface area (Å²) in [7, 11) is 0. The van der Waals surface area contributed by atoms with Crippen LogP contribution in [0.1, 0.15) is 12.5 Å². The van der Waals surface area contributed by atoms with Crippen molar-refractivity contribution in [2.45, 2.75) is 13.8 Å². The highest BCUT2D eigenvalue weighted by Crippen LogP contribution is 2.18. The van der Waals surface area contributed by atoms with E-state index in [4.69, 9.17) is 0 Å². The first kappa shape index (κ1) is 11.1. The molecule has 0 bridgehead atoms. The van der Waals surface area contributed by atoms with E-state index in [0.29, 0.717) is 5.92 Å². The summed E-state index contributed by atoms with van der Waals surface area (Å²) in [5.74, 6) is 0.698. The Hall–Kier alpha value is -1.35. The summed E-state index contributed by atoms with van der Waals surface area (Å²) >= 11 is 0. The third-order valence-electron chi connectivity index (χ3n) is 3.22. The molecule has 2 N–H and O–H groups in total. The maximum atomic E-state index is 11.9. The van der Waals surface area contributed by atoms with Gasteiger partial charge in [0.2, 0.25) is 5.91 Å². The first-order valence-corrected chi connectivity index (χ1v) is 5.75. The van der Waals surface area contributed by atoms with Gasteiger partial charge in [-0.3, -0.25) is 4.79 Å². The van der Waals surface area contributed by atoms with Gasteiger partial charge in [-0.05, 0) is 43.6 Å². The second-order valence-corrected chi connectivity index (χ2v) is 4.57. The Bertz CT molecular complexity index is 385. The van der Waals surface area contributed by atoms with Crippen LogP contribution in [0.25, 0.3) is 0 Å². The van der Waals surface area contributed by atoms with E-state index in [0.717, 1.165) is 24.3 Å². The quantitative estimate of drug-likeness (QED) is 0.812. The third-order valence-corrected chi connectivity index (χ3v) is 3.22. The van der Waals surface area contributed by atoms with Gasteiger partial charge in [-0.25, -0.2) is 0 Å². The van der Waals surface area contributed by atoms with E-state index in [1.165, 1.54) is 0 Å². The highest BCUT2D eigenvalue weighted by molar-refractivity contribution is 5.92. The van der Waals surface area contributed by atoms with Crippen LogP contribution in [0.15, 0.2) is 24.3 Å². The lowest BCUT2D eigenvalue weighted by molar-refractivity contribution is -0.121. The molecular weight excluding hydrogens is 200 g/mol. The molecule has 1 atom stereocenters. The molecule has 1 fully saturated rings. The highest BCUT2D eigenvalue weighted by Gasteiger charge is 2.28. The van der Waals surface area contributed by atoms with E-state index >= 15 is 0 Å². The average molecular weight is 218 g/mol. The molecule has 1 unspecified atom stereocenters. The van der Waals surface area contributed by atoms with Gasteiger partial charge in [0.05, 0.1) is 0 Å². The van der Waals surface area contributed by atoms with E-state index < -0.39 is 0 Å². The van der Waals surface area contributed by atoms with Crippen molar-refractivity contribution in [1.29, 1.82) is 0 Å². The normalized spacial score (nSPS) is 17.6. The second kappa shape index (κ2) is 4.66. The number of rotatable bonds is 3. The summed E-state index contributed by atoms with van der Waals surface area (Å²) in [6, 6.07) is 7.90. The smallest absolute Gasteiger partial charge is 0.227 e. The SMILES string of the molecule is Cc1cccc(NC(=O)C(C)C2CNC2)c1. The van der Waals surface area contributed by atoms with Gasteiger partial charge in [0.15, 0.2) is 0 Å². The van der Waals surface area contributed by atoms with Crippen LogP contribution in [-0.2, 0) is 4.79 Å². The maximum absolute atomic E-state index is 11.9. The van der Waals surface area contributed by atoms with Crippen molar-refractivity contribution in [3.8, 4) is 0 Å². The molecule has 0 aromatic heterocycles. The number of nitrogens with one attached hydrogen (secondary N) is 2. The van der Waals surface area contributed by atoms with Gasteiger partial charge in [-0.1, -0.05) is 19.1 Å². The molecule has 0 aliphatic carbocycles. The molecule has 1 saturated heterocycles. The number of anilines is 1. The summed E-state index contributed by atoms with van der Waals surface area (Å²) in [5.41, 5.74) is 2.06. The monoisotopic (exact) mass is 218 g/mol. The zero-order valence-corrected chi connectivity index (χ0v) is 9.79. The zero-order chi connectivity index (χ0) is 11.5. The van der Waals surface area contributed by atoms with Crippen LogP contribution in [0, 0.1) is 18.8 Å². The molecule has 3 heteroatoms. The third kappa shape index (κ3) is 2.42. The number of hydrogen-bond acceptors (Lipinski definition) is 2. The Balaban J connectivity index is 1.96. The maximum Gasteiger partial charge on any atom is 0.227 e. The average Bonchev–Trinajstić information content (AvgIpc) is 2.14. The van der Waals surface area contributed by atoms with Gasteiger partial charge in [0, 0.05) is 11.6 Å². The molecule has 2 rings (SSSR count). The van der Waals surface area contributed by atoms with Crippen molar-refractivity contribution in [1.82, 2.24) is 5.32 Å². The fourth-order valence-electron chi connectivity index (χ4n) is 1.86. The number of aryl methyl sites for hydroxylation is 1. The number of carbonyl (C=O) groups is 1. The minimum absolute atomic E-state index is 0.0850. The summed E-state index contributed by atoms with van der Waals surface area (Å²) < 4.78 is 0. The minimum atomic E-state index is 0.0850. The predicted octanol–water partition coefficient (Wildman–Crippen LogP) is 1.79. The zero-order valence-electron chi connectivity index (χ0n) is 9.79. The van der Waals surface area contributed by atoms with Crippen molar-refractivity contribution >= 4 is 11.6 Å². The molecule has 1 aliphatic heterocycles. The lowest BCUT2D eigenvalue weighted by Gasteiger charge is -2.31. The number of amides is 1. The van der Waals surface area contributed by atoms with Crippen LogP contribution in [0.4, 0.5) is 5.69 Å². The minimum Gasteiger partial charge on any atom is -0.326 e. The van der Waals surface area contributed by atoms with E-state index in [-0.39, 0.29) is 11.8 Å². The van der Waals surface area contributed by atoms with Gasteiger partial charge >= 0.3 is 0 Å². The van der Waals surface area contributed by atoms with Crippen molar-refractivity contribution < 1.29 is 4.79 Å². The summed E-state index contributed by atoms with van der Waals surface area (Å²) in [5, 5.41) is 6.15. The van der Waals surface area contributed by atoms with Crippen molar-refractivity contribution in [2.75, 3.05) is 18.4 Å².